The van der Waals surface area contributed by atoms with Crippen LogP contribution in [0.4, 0.5) is 5.69 Å². The number of carbonyl (C=O) groups is 2. The molecular weight excluding hydrogens is 290 g/mol. The van der Waals surface area contributed by atoms with Gasteiger partial charge in [-0.15, -0.1) is 0 Å². The first kappa shape index (κ1) is 15.3. The van der Waals surface area contributed by atoms with Crippen molar-refractivity contribution in [3.05, 3.63) is 65.2 Å². The van der Waals surface area contributed by atoms with Crippen molar-refractivity contribution in [1.29, 1.82) is 0 Å². The van der Waals surface area contributed by atoms with Gasteiger partial charge in [-0.3, -0.25) is 9.59 Å². The largest absolute Gasteiger partial charge is 0.463 e. The topological polar surface area (TPSA) is 46.6 Å². The fourth-order valence-corrected chi connectivity index (χ4v) is 2.73. The third kappa shape index (κ3) is 3.26. The zero-order valence-corrected chi connectivity index (χ0v) is 13.3. The van der Waals surface area contributed by atoms with E-state index in [0.29, 0.717) is 6.54 Å². The van der Waals surface area contributed by atoms with Gasteiger partial charge in [0.15, 0.2) is 0 Å². The van der Waals surface area contributed by atoms with E-state index < -0.39 is 0 Å². The highest BCUT2D eigenvalue weighted by Crippen LogP contribution is 2.28. The molecule has 0 N–H and O–H groups in total. The van der Waals surface area contributed by atoms with Crippen LogP contribution in [-0.2, 0) is 22.5 Å². The van der Waals surface area contributed by atoms with E-state index in [4.69, 9.17) is 4.74 Å². The van der Waals surface area contributed by atoms with Crippen molar-refractivity contribution in [1.82, 2.24) is 0 Å². The number of nitrogens with zero attached hydrogens (tertiary/aromatic N) is 1. The van der Waals surface area contributed by atoms with E-state index in [0.717, 1.165) is 22.4 Å². The van der Waals surface area contributed by atoms with E-state index >= 15 is 0 Å². The van der Waals surface area contributed by atoms with Crippen LogP contribution in [0.2, 0.25) is 0 Å². The second kappa shape index (κ2) is 6.24. The molecule has 4 heteroatoms. The minimum atomic E-state index is -0.239. The van der Waals surface area contributed by atoms with Crippen molar-refractivity contribution < 1.29 is 14.3 Å². The van der Waals surface area contributed by atoms with Crippen LogP contribution in [0.25, 0.3) is 0 Å². The highest BCUT2D eigenvalue weighted by atomic mass is 16.5. The van der Waals surface area contributed by atoms with E-state index in [-0.39, 0.29) is 24.4 Å². The standard InChI is InChI=1S/C19H19NO3/c1-13(2)23-18(21)11-14-7-9-16(10-8-14)20-12-15-5-3-4-6-17(15)19(20)22/h3-10,13H,11-12H2,1-2H3. The van der Waals surface area contributed by atoms with Gasteiger partial charge in [0, 0.05) is 11.3 Å². The molecular formula is C19H19NO3. The van der Waals surface area contributed by atoms with Crippen molar-refractivity contribution in [3.8, 4) is 0 Å². The first-order valence-electron chi connectivity index (χ1n) is 7.73. The second-order valence-corrected chi connectivity index (χ2v) is 5.93. The van der Waals surface area contributed by atoms with Crippen LogP contribution in [0.5, 0.6) is 0 Å². The molecule has 0 radical (unpaired) electrons. The van der Waals surface area contributed by atoms with Crippen molar-refractivity contribution in [2.75, 3.05) is 4.90 Å². The van der Waals surface area contributed by atoms with E-state index in [1.165, 1.54) is 0 Å². The number of anilines is 1. The molecule has 3 rings (SSSR count). The van der Waals surface area contributed by atoms with Crippen LogP contribution in [-0.4, -0.2) is 18.0 Å². The first-order chi connectivity index (χ1) is 11.0. The molecule has 1 heterocycles. The van der Waals surface area contributed by atoms with Gasteiger partial charge in [0.25, 0.3) is 5.91 Å². The molecule has 118 valence electrons. The predicted octanol–water partition coefficient (Wildman–Crippen LogP) is 3.34. The number of esters is 1. The molecule has 1 aliphatic rings. The zero-order valence-electron chi connectivity index (χ0n) is 13.3. The molecule has 4 nitrogen and oxygen atoms in total. The van der Waals surface area contributed by atoms with Gasteiger partial charge in [-0.1, -0.05) is 30.3 Å². The molecule has 2 aromatic rings. The lowest BCUT2D eigenvalue weighted by Gasteiger charge is -2.16. The van der Waals surface area contributed by atoms with Gasteiger partial charge in [0.1, 0.15) is 0 Å². The highest BCUT2D eigenvalue weighted by molar-refractivity contribution is 6.09. The summed E-state index contributed by atoms with van der Waals surface area (Å²) in [4.78, 5) is 25.9. The lowest BCUT2D eigenvalue weighted by molar-refractivity contribution is -0.146. The summed E-state index contributed by atoms with van der Waals surface area (Å²) >= 11 is 0. The average Bonchev–Trinajstić information content (AvgIpc) is 2.85. The monoisotopic (exact) mass is 309 g/mol. The number of benzene rings is 2. The van der Waals surface area contributed by atoms with Gasteiger partial charge in [-0.05, 0) is 43.2 Å². The maximum atomic E-state index is 12.4. The summed E-state index contributed by atoms with van der Waals surface area (Å²) in [6, 6.07) is 15.1. The Bertz CT molecular complexity index is 735. The maximum absolute atomic E-state index is 12.4. The summed E-state index contributed by atoms with van der Waals surface area (Å²) in [5.41, 5.74) is 3.52. The van der Waals surface area contributed by atoms with Crippen LogP contribution in [0.1, 0.15) is 35.3 Å². The van der Waals surface area contributed by atoms with Gasteiger partial charge in [-0.25, -0.2) is 0 Å². The summed E-state index contributed by atoms with van der Waals surface area (Å²) in [6.07, 6.45) is 0.134. The van der Waals surface area contributed by atoms with E-state index in [1.807, 2.05) is 62.4 Å². The molecule has 0 spiro atoms. The lowest BCUT2D eigenvalue weighted by atomic mass is 10.1. The third-order valence-electron chi connectivity index (χ3n) is 3.79. The molecule has 0 saturated heterocycles. The number of ether oxygens (including phenoxy) is 1. The third-order valence-corrected chi connectivity index (χ3v) is 3.79. The number of amides is 1. The summed E-state index contributed by atoms with van der Waals surface area (Å²) in [5, 5.41) is 0. The Labute approximate surface area is 135 Å². The van der Waals surface area contributed by atoms with Crippen molar-refractivity contribution in [3.63, 3.8) is 0 Å². The van der Waals surface area contributed by atoms with E-state index in [1.54, 1.807) is 4.90 Å². The van der Waals surface area contributed by atoms with E-state index in [9.17, 15) is 9.59 Å². The normalized spacial score (nSPS) is 13.3. The molecule has 0 saturated carbocycles. The first-order valence-corrected chi connectivity index (χ1v) is 7.73. The number of carbonyl (C=O) groups excluding carboxylic acids is 2. The summed E-state index contributed by atoms with van der Waals surface area (Å²) in [5.74, 6) is -0.218. The van der Waals surface area contributed by atoms with Crippen LogP contribution in [0, 0.1) is 0 Å². The number of rotatable bonds is 4. The van der Waals surface area contributed by atoms with Crippen molar-refractivity contribution >= 4 is 17.6 Å². The SMILES string of the molecule is CC(C)OC(=O)Cc1ccc(N2Cc3ccccc3C2=O)cc1. The Kier molecular flexibility index (Phi) is 4.15. The van der Waals surface area contributed by atoms with Crippen molar-refractivity contribution in [2.24, 2.45) is 0 Å². The lowest BCUT2D eigenvalue weighted by Crippen LogP contribution is -2.22. The Balaban J connectivity index is 1.71. The van der Waals surface area contributed by atoms with Gasteiger partial charge in [0.2, 0.25) is 0 Å². The van der Waals surface area contributed by atoms with Gasteiger partial charge in [0.05, 0.1) is 19.1 Å². The van der Waals surface area contributed by atoms with Crippen LogP contribution >= 0.6 is 0 Å². The second-order valence-electron chi connectivity index (χ2n) is 5.93. The zero-order chi connectivity index (χ0) is 16.4. The molecule has 0 atom stereocenters. The average molecular weight is 309 g/mol. The number of fused-ring (bicyclic) bond motifs is 1. The summed E-state index contributed by atoms with van der Waals surface area (Å²) < 4.78 is 5.14. The molecule has 0 bridgehead atoms. The number of hydrogen-bond donors (Lipinski definition) is 0. The predicted molar refractivity (Wildman–Crippen MR) is 88.3 cm³/mol. The minimum absolute atomic E-state index is 0.0209. The Morgan fingerprint density at radius 1 is 1.13 bits per heavy atom. The minimum Gasteiger partial charge on any atom is -0.463 e. The molecule has 1 aliphatic heterocycles. The molecule has 2 aromatic carbocycles. The molecule has 0 fully saturated rings. The van der Waals surface area contributed by atoms with E-state index in [2.05, 4.69) is 0 Å². The highest BCUT2D eigenvalue weighted by Gasteiger charge is 2.27. The summed E-state index contributed by atoms with van der Waals surface area (Å²) in [6.45, 7) is 4.25. The van der Waals surface area contributed by atoms with Crippen molar-refractivity contribution in [2.45, 2.75) is 32.9 Å². The smallest absolute Gasteiger partial charge is 0.310 e. The van der Waals surface area contributed by atoms with Gasteiger partial charge >= 0.3 is 5.97 Å². The summed E-state index contributed by atoms with van der Waals surface area (Å²) in [7, 11) is 0. The van der Waals surface area contributed by atoms with Gasteiger partial charge < -0.3 is 9.64 Å². The molecule has 23 heavy (non-hydrogen) atoms. The Hall–Kier alpha value is -2.62. The quantitative estimate of drug-likeness (QED) is 0.814. The molecule has 1 amide bonds. The van der Waals surface area contributed by atoms with Gasteiger partial charge in [-0.2, -0.15) is 0 Å². The maximum Gasteiger partial charge on any atom is 0.310 e. The Morgan fingerprint density at radius 2 is 1.83 bits per heavy atom. The molecule has 0 unspecified atom stereocenters. The Morgan fingerprint density at radius 3 is 2.48 bits per heavy atom. The fraction of sp³-hybridized carbons (Fsp3) is 0.263. The van der Waals surface area contributed by atoms with Crippen LogP contribution in [0.15, 0.2) is 48.5 Å². The number of hydrogen-bond acceptors (Lipinski definition) is 3. The van der Waals surface area contributed by atoms with Crippen LogP contribution in [0.3, 0.4) is 0 Å². The molecule has 0 aromatic heterocycles. The van der Waals surface area contributed by atoms with Crippen LogP contribution < -0.4 is 4.90 Å². The molecule has 0 aliphatic carbocycles. The fourth-order valence-electron chi connectivity index (χ4n) is 2.73.